The standard InChI is InChI=1S/C17H27N5O2/c23-16-8-4-10-21(16)11-5-9-18-17(24)15-13-22(20-19-15)12-14-6-2-1-3-7-14/h13-14H,1-12H2,(H,18,24). The van der Waals surface area contributed by atoms with E-state index in [-0.39, 0.29) is 11.8 Å². The molecule has 0 spiro atoms. The predicted molar refractivity (Wildman–Crippen MR) is 89.4 cm³/mol. The molecule has 7 heteroatoms. The summed E-state index contributed by atoms with van der Waals surface area (Å²) in [6.45, 7) is 2.98. The Morgan fingerprint density at radius 3 is 2.83 bits per heavy atom. The Morgan fingerprint density at radius 2 is 2.08 bits per heavy atom. The van der Waals surface area contributed by atoms with Crippen LogP contribution in [0.3, 0.4) is 0 Å². The summed E-state index contributed by atoms with van der Waals surface area (Å²) in [5.74, 6) is 0.707. The highest BCUT2D eigenvalue weighted by molar-refractivity contribution is 5.91. The Bertz CT molecular complexity index is 565. The summed E-state index contributed by atoms with van der Waals surface area (Å²) in [7, 11) is 0. The fourth-order valence-electron chi connectivity index (χ4n) is 3.63. The van der Waals surface area contributed by atoms with Gasteiger partial charge in [-0.1, -0.05) is 24.5 Å². The molecule has 0 radical (unpaired) electrons. The van der Waals surface area contributed by atoms with Gasteiger partial charge in [0, 0.05) is 32.6 Å². The van der Waals surface area contributed by atoms with E-state index >= 15 is 0 Å². The van der Waals surface area contributed by atoms with Gasteiger partial charge in [-0.3, -0.25) is 14.3 Å². The zero-order valence-corrected chi connectivity index (χ0v) is 14.2. The van der Waals surface area contributed by atoms with Crippen molar-refractivity contribution in [3.63, 3.8) is 0 Å². The lowest BCUT2D eigenvalue weighted by Crippen LogP contribution is -2.30. The molecular weight excluding hydrogens is 306 g/mol. The molecule has 2 fully saturated rings. The molecule has 24 heavy (non-hydrogen) atoms. The van der Waals surface area contributed by atoms with E-state index in [1.165, 1.54) is 32.1 Å². The summed E-state index contributed by atoms with van der Waals surface area (Å²) in [6.07, 6.45) is 10.6. The van der Waals surface area contributed by atoms with E-state index in [1.807, 2.05) is 4.90 Å². The van der Waals surface area contributed by atoms with Gasteiger partial charge in [-0.25, -0.2) is 0 Å². The third-order valence-corrected chi connectivity index (χ3v) is 5.00. The molecule has 2 amide bonds. The van der Waals surface area contributed by atoms with Gasteiger partial charge >= 0.3 is 0 Å². The molecule has 1 saturated carbocycles. The van der Waals surface area contributed by atoms with Gasteiger partial charge < -0.3 is 10.2 Å². The molecule has 0 bridgehead atoms. The van der Waals surface area contributed by atoms with Gasteiger partial charge in [0.05, 0.1) is 6.20 Å². The van der Waals surface area contributed by atoms with E-state index in [0.717, 1.165) is 25.9 Å². The van der Waals surface area contributed by atoms with Crippen molar-refractivity contribution in [1.82, 2.24) is 25.2 Å². The smallest absolute Gasteiger partial charge is 0.273 e. The zero-order valence-electron chi connectivity index (χ0n) is 14.2. The van der Waals surface area contributed by atoms with Crippen LogP contribution in [-0.2, 0) is 11.3 Å². The lowest BCUT2D eigenvalue weighted by atomic mass is 9.89. The summed E-state index contributed by atoms with van der Waals surface area (Å²) < 4.78 is 1.80. The molecular formula is C17H27N5O2. The Hall–Kier alpha value is -1.92. The van der Waals surface area contributed by atoms with Gasteiger partial charge in [0.2, 0.25) is 5.91 Å². The summed E-state index contributed by atoms with van der Waals surface area (Å²) in [5, 5.41) is 10.9. The van der Waals surface area contributed by atoms with Crippen molar-refractivity contribution < 1.29 is 9.59 Å². The summed E-state index contributed by atoms with van der Waals surface area (Å²) >= 11 is 0. The largest absolute Gasteiger partial charge is 0.351 e. The van der Waals surface area contributed by atoms with Crippen LogP contribution in [0.25, 0.3) is 0 Å². The molecule has 1 aromatic rings. The fraction of sp³-hybridized carbons (Fsp3) is 0.765. The van der Waals surface area contributed by atoms with Crippen molar-refractivity contribution in [3.05, 3.63) is 11.9 Å². The Labute approximate surface area is 142 Å². The van der Waals surface area contributed by atoms with Gasteiger partial charge in [0.25, 0.3) is 5.91 Å². The van der Waals surface area contributed by atoms with Gasteiger partial charge in [-0.05, 0) is 31.6 Å². The topological polar surface area (TPSA) is 80.1 Å². The number of carbonyl (C=O) groups excluding carboxylic acids is 2. The van der Waals surface area contributed by atoms with E-state index in [2.05, 4.69) is 15.6 Å². The van der Waals surface area contributed by atoms with Crippen molar-refractivity contribution in [2.45, 2.75) is 57.9 Å². The van der Waals surface area contributed by atoms with Crippen LogP contribution in [-0.4, -0.2) is 51.3 Å². The minimum absolute atomic E-state index is 0.183. The van der Waals surface area contributed by atoms with Gasteiger partial charge in [0.15, 0.2) is 5.69 Å². The minimum atomic E-state index is -0.183. The molecule has 1 aliphatic heterocycles. The Balaban J connectivity index is 1.38. The lowest BCUT2D eigenvalue weighted by molar-refractivity contribution is -0.127. The number of aromatic nitrogens is 3. The van der Waals surface area contributed by atoms with Crippen LogP contribution >= 0.6 is 0 Å². The quantitative estimate of drug-likeness (QED) is 0.769. The minimum Gasteiger partial charge on any atom is -0.351 e. The van der Waals surface area contributed by atoms with Crippen molar-refractivity contribution >= 4 is 11.8 Å². The molecule has 0 unspecified atom stereocenters. The average molecular weight is 333 g/mol. The van der Waals surface area contributed by atoms with Crippen LogP contribution in [0.4, 0.5) is 0 Å². The van der Waals surface area contributed by atoms with Crippen LogP contribution in [0.15, 0.2) is 6.20 Å². The Morgan fingerprint density at radius 1 is 1.25 bits per heavy atom. The first-order valence-electron chi connectivity index (χ1n) is 9.18. The van der Waals surface area contributed by atoms with E-state index < -0.39 is 0 Å². The fourth-order valence-corrected chi connectivity index (χ4v) is 3.63. The van der Waals surface area contributed by atoms with Crippen LogP contribution < -0.4 is 5.32 Å². The SMILES string of the molecule is O=C(NCCCN1CCCC1=O)c1cn(CC2CCCCC2)nn1. The first-order chi connectivity index (χ1) is 11.7. The first kappa shape index (κ1) is 16.9. The van der Waals surface area contributed by atoms with E-state index in [9.17, 15) is 9.59 Å². The molecule has 132 valence electrons. The lowest BCUT2D eigenvalue weighted by Gasteiger charge is -2.20. The summed E-state index contributed by atoms with van der Waals surface area (Å²) in [6, 6.07) is 0. The molecule has 7 nitrogen and oxygen atoms in total. The van der Waals surface area contributed by atoms with Crippen molar-refractivity contribution in [2.24, 2.45) is 5.92 Å². The third-order valence-electron chi connectivity index (χ3n) is 5.00. The van der Waals surface area contributed by atoms with Gasteiger partial charge in [0.1, 0.15) is 0 Å². The number of nitrogens with one attached hydrogen (secondary N) is 1. The number of hydrogen-bond donors (Lipinski definition) is 1. The molecule has 2 aliphatic rings. The zero-order chi connectivity index (χ0) is 16.8. The molecule has 0 aromatic carbocycles. The number of hydrogen-bond acceptors (Lipinski definition) is 4. The second-order valence-electron chi connectivity index (χ2n) is 6.92. The van der Waals surface area contributed by atoms with Gasteiger partial charge in [-0.15, -0.1) is 5.10 Å². The first-order valence-corrected chi connectivity index (χ1v) is 9.18. The van der Waals surface area contributed by atoms with Crippen LogP contribution in [0.1, 0.15) is 61.9 Å². The maximum atomic E-state index is 12.1. The predicted octanol–water partition coefficient (Wildman–Crippen LogP) is 1.60. The molecule has 3 rings (SSSR count). The Kier molecular flexibility index (Phi) is 5.82. The average Bonchev–Trinajstić information content (AvgIpc) is 3.22. The molecule has 1 aromatic heterocycles. The highest BCUT2D eigenvalue weighted by Gasteiger charge is 2.19. The highest BCUT2D eigenvalue weighted by Crippen LogP contribution is 2.24. The van der Waals surface area contributed by atoms with Crippen molar-refractivity contribution in [2.75, 3.05) is 19.6 Å². The number of amides is 2. The normalized spacial score (nSPS) is 19.0. The van der Waals surface area contributed by atoms with Crippen LogP contribution in [0, 0.1) is 5.92 Å². The second-order valence-corrected chi connectivity index (χ2v) is 6.92. The van der Waals surface area contributed by atoms with E-state index in [1.54, 1.807) is 10.9 Å². The maximum absolute atomic E-state index is 12.1. The van der Waals surface area contributed by atoms with Crippen molar-refractivity contribution in [3.8, 4) is 0 Å². The number of likely N-dealkylation sites (tertiary alicyclic amines) is 1. The second kappa shape index (κ2) is 8.26. The van der Waals surface area contributed by atoms with Crippen LogP contribution in [0.2, 0.25) is 0 Å². The highest BCUT2D eigenvalue weighted by atomic mass is 16.2. The molecule has 1 N–H and O–H groups in total. The number of carbonyl (C=O) groups is 2. The maximum Gasteiger partial charge on any atom is 0.273 e. The van der Waals surface area contributed by atoms with E-state index in [4.69, 9.17) is 0 Å². The number of nitrogens with zero attached hydrogens (tertiary/aromatic N) is 4. The monoisotopic (exact) mass is 333 g/mol. The molecule has 2 heterocycles. The summed E-state index contributed by atoms with van der Waals surface area (Å²) in [5.41, 5.74) is 0.378. The van der Waals surface area contributed by atoms with Crippen molar-refractivity contribution in [1.29, 1.82) is 0 Å². The third kappa shape index (κ3) is 4.55. The number of rotatable bonds is 7. The molecule has 1 saturated heterocycles. The van der Waals surface area contributed by atoms with E-state index in [0.29, 0.717) is 31.1 Å². The molecule has 0 atom stereocenters. The van der Waals surface area contributed by atoms with Gasteiger partial charge in [-0.2, -0.15) is 0 Å². The molecule has 1 aliphatic carbocycles. The summed E-state index contributed by atoms with van der Waals surface area (Å²) in [4.78, 5) is 25.5. The van der Waals surface area contributed by atoms with Crippen LogP contribution in [0.5, 0.6) is 0 Å².